The van der Waals surface area contributed by atoms with Crippen molar-refractivity contribution < 1.29 is 19.1 Å². The Morgan fingerprint density at radius 2 is 1.88 bits per heavy atom. The molecule has 1 amide bonds. The van der Waals surface area contributed by atoms with Gasteiger partial charge in [0.05, 0.1) is 12.1 Å². The molecule has 0 fully saturated rings. The van der Waals surface area contributed by atoms with Crippen LogP contribution in [0, 0.1) is 0 Å². The second-order valence-corrected chi connectivity index (χ2v) is 5.90. The van der Waals surface area contributed by atoms with Crippen molar-refractivity contribution in [2.45, 2.75) is 6.54 Å². The van der Waals surface area contributed by atoms with Gasteiger partial charge in [0.25, 0.3) is 5.91 Å². The number of carbonyl (C=O) groups excluding carboxylic acids is 2. The number of amides is 1. The highest BCUT2D eigenvalue weighted by Crippen LogP contribution is 2.19. The van der Waals surface area contributed by atoms with Crippen LogP contribution in [-0.2, 0) is 16.1 Å². The average molecular weight is 383 g/mol. The normalized spacial score (nSPS) is 10.2. The van der Waals surface area contributed by atoms with Gasteiger partial charge in [0.15, 0.2) is 12.3 Å². The summed E-state index contributed by atoms with van der Waals surface area (Å²) in [5, 5.41) is 0.209. The average Bonchev–Trinajstić information content (AvgIpc) is 2.61. The highest BCUT2D eigenvalue weighted by atomic mass is 35.5. The van der Waals surface area contributed by atoms with Crippen molar-refractivity contribution in [3.05, 3.63) is 57.8 Å². The number of hydrogen-bond acceptors (Lipinski definition) is 5. The first-order valence-corrected chi connectivity index (χ1v) is 8.03. The molecule has 0 N–H and O–H groups in total. The maximum atomic E-state index is 12.2. The van der Waals surface area contributed by atoms with Crippen LogP contribution < -0.4 is 4.74 Å². The van der Waals surface area contributed by atoms with E-state index < -0.39 is 12.6 Å². The van der Waals surface area contributed by atoms with Crippen molar-refractivity contribution in [1.29, 1.82) is 0 Å². The Bertz CT molecular complexity index is 783. The van der Waals surface area contributed by atoms with Gasteiger partial charge in [-0.1, -0.05) is 41.4 Å². The highest BCUT2D eigenvalue weighted by Gasteiger charge is 2.18. The molecule has 1 aromatic carbocycles. The first-order valence-electron chi connectivity index (χ1n) is 7.27. The summed E-state index contributed by atoms with van der Waals surface area (Å²) >= 11 is 11.6. The van der Waals surface area contributed by atoms with E-state index in [9.17, 15) is 9.59 Å². The van der Waals surface area contributed by atoms with Gasteiger partial charge in [0.1, 0.15) is 10.9 Å². The molecule has 0 atom stereocenters. The predicted octanol–water partition coefficient (Wildman–Crippen LogP) is 3.21. The molecule has 0 bridgehead atoms. The Morgan fingerprint density at radius 3 is 2.60 bits per heavy atom. The number of pyridine rings is 1. The van der Waals surface area contributed by atoms with E-state index in [4.69, 9.17) is 32.7 Å². The van der Waals surface area contributed by atoms with Gasteiger partial charge in [0, 0.05) is 19.2 Å². The van der Waals surface area contributed by atoms with Crippen LogP contribution in [0.25, 0.3) is 0 Å². The van der Waals surface area contributed by atoms with Gasteiger partial charge in [0.2, 0.25) is 0 Å². The van der Waals surface area contributed by atoms with Crippen LogP contribution in [0.2, 0.25) is 10.2 Å². The highest BCUT2D eigenvalue weighted by molar-refractivity contribution is 6.34. The SMILES string of the molecule is COc1ccccc1CN(C)C(=O)COC(=O)c1nc(Cl)ccc1Cl. The van der Waals surface area contributed by atoms with Crippen molar-refractivity contribution in [2.75, 3.05) is 20.8 Å². The number of hydrogen-bond donors (Lipinski definition) is 0. The molecule has 0 unspecified atom stereocenters. The summed E-state index contributed by atoms with van der Waals surface area (Å²) in [4.78, 5) is 29.4. The van der Waals surface area contributed by atoms with Crippen LogP contribution in [0.15, 0.2) is 36.4 Å². The number of rotatable bonds is 6. The van der Waals surface area contributed by atoms with Gasteiger partial charge in [-0.3, -0.25) is 4.79 Å². The Balaban J connectivity index is 1.95. The maximum Gasteiger partial charge on any atom is 0.359 e. The predicted molar refractivity (Wildman–Crippen MR) is 94.0 cm³/mol. The standard InChI is InChI=1S/C17H16Cl2N2O4/c1-21(9-11-5-3-4-6-13(11)24-2)15(22)10-25-17(23)16-12(18)7-8-14(19)20-16/h3-8H,9-10H2,1-2H3. The number of halogens is 2. The van der Waals surface area contributed by atoms with Crippen LogP contribution in [0.4, 0.5) is 0 Å². The van der Waals surface area contributed by atoms with Gasteiger partial charge in [-0.15, -0.1) is 0 Å². The summed E-state index contributed by atoms with van der Waals surface area (Å²) < 4.78 is 10.2. The molecule has 6 nitrogen and oxygen atoms in total. The molecule has 0 spiro atoms. The van der Waals surface area contributed by atoms with E-state index in [0.29, 0.717) is 12.3 Å². The maximum absolute atomic E-state index is 12.2. The van der Waals surface area contributed by atoms with Crippen LogP contribution in [-0.4, -0.2) is 42.5 Å². The van der Waals surface area contributed by atoms with Crippen molar-refractivity contribution in [2.24, 2.45) is 0 Å². The topological polar surface area (TPSA) is 68.7 Å². The third kappa shape index (κ3) is 5.08. The van der Waals surface area contributed by atoms with Gasteiger partial charge >= 0.3 is 5.97 Å². The lowest BCUT2D eigenvalue weighted by atomic mass is 10.2. The summed E-state index contributed by atoms with van der Waals surface area (Å²) in [6.45, 7) is -0.119. The van der Waals surface area contributed by atoms with Crippen molar-refractivity contribution >= 4 is 35.1 Å². The molecule has 8 heteroatoms. The second-order valence-electron chi connectivity index (χ2n) is 5.10. The first kappa shape index (κ1) is 19.0. The first-order chi connectivity index (χ1) is 11.9. The molecule has 2 aromatic rings. The largest absolute Gasteiger partial charge is 0.496 e. The molecular weight excluding hydrogens is 367 g/mol. The smallest absolute Gasteiger partial charge is 0.359 e. The van der Waals surface area contributed by atoms with E-state index in [-0.39, 0.29) is 21.8 Å². The Labute approximate surface area is 155 Å². The third-order valence-electron chi connectivity index (χ3n) is 3.36. The molecule has 0 radical (unpaired) electrons. The second kappa shape index (κ2) is 8.69. The Hall–Kier alpha value is -2.31. The molecule has 0 saturated carbocycles. The van der Waals surface area contributed by atoms with Crippen LogP contribution in [0.5, 0.6) is 5.75 Å². The van der Waals surface area contributed by atoms with Crippen molar-refractivity contribution in [3.8, 4) is 5.75 Å². The third-order valence-corrected chi connectivity index (χ3v) is 3.87. The van der Waals surface area contributed by atoms with E-state index in [2.05, 4.69) is 4.98 Å². The zero-order valence-electron chi connectivity index (χ0n) is 13.7. The zero-order chi connectivity index (χ0) is 18.4. The summed E-state index contributed by atoms with van der Waals surface area (Å²) in [6, 6.07) is 10.2. The molecule has 0 aliphatic heterocycles. The molecule has 0 aliphatic carbocycles. The van der Waals surface area contributed by atoms with Crippen molar-refractivity contribution in [3.63, 3.8) is 0 Å². The number of aromatic nitrogens is 1. The number of nitrogens with zero attached hydrogens (tertiary/aromatic N) is 2. The molecule has 0 saturated heterocycles. The fraction of sp³-hybridized carbons (Fsp3) is 0.235. The molecule has 0 aliphatic rings. The Morgan fingerprint density at radius 1 is 1.16 bits per heavy atom. The van der Waals surface area contributed by atoms with E-state index in [1.807, 2.05) is 18.2 Å². The molecule has 132 valence electrons. The van der Waals surface area contributed by atoms with Crippen LogP contribution in [0.1, 0.15) is 16.1 Å². The van der Waals surface area contributed by atoms with E-state index >= 15 is 0 Å². The van der Waals surface area contributed by atoms with Crippen molar-refractivity contribution in [1.82, 2.24) is 9.88 Å². The summed E-state index contributed by atoms with van der Waals surface area (Å²) in [5.41, 5.74) is 0.709. The number of para-hydroxylation sites is 1. The van der Waals surface area contributed by atoms with Crippen LogP contribution >= 0.6 is 23.2 Å². The number of likely N-dealkylation sites (N-methyl/N-ethyl adjacent to an activating group) is 1. The number of ether oxygens (including phenoxy) is 2. The summed E-state index contributed by atoms with van der Waals surface area (Å²) in [5.74, 6) is -0.516. The monoisotopic (exact) mass is 382 g/mol. The lowest BCUT2D eigenvalue weighted by Gasteiger charge is -2.18. The lowest BCUT2D eigenvalue weighted by Crippen LogP contribution is -2.31. The summed E-state index contributed by atoms with van der Waals surface area (Å²) in [6.07, 6.45) is 0. The fourth-order valence-corrected chi connectivity index (χ4v) is 2.37. The molecule has 2 rings (SSSR count). The molecule has 25 heavy (non-hydrogen) atoms. The van der Waals surface area contributed by atoms with Gasteiger partial charge in [-0.2, -0.15) is 0 Å². The quantitative estimate of drug-likeness (QED) is 0.566. The number of benzene rings is 1. The minimum Gasteiger partial charge on any atom is -0.496 e. The number of esters is 1. The Kier molecular flexibility index (Phi) is 6.61. The van der Waals surface area contributed by atoms with E-state index in [1.54, 1.807) is 20.2 Å². The molecule has 1 heterocycles. The van der Waals surface area contributed by atoms with E-state index in [1.165, 1.54) is 17.0 Å². The minimum absolute atomic E-state index is 0.101. The van der Waals surface area contributed by atoms with Gasteiger partial charge in [-0.05, 0) is 18.2 Å². The van der Waals surface area contributed by atoms with E-state index in [0.717, 1.165) is 5.56 Å². The lowest BCUT2D eigenvalue weighted by molar-refractivity contribution is -0.133. The minimum atomic E-state index is -0.813. The molecule has 1 aromatic heterocycles. The molecular formula is C17H16Cl2N2O4. The summed E-state index contributed by atoms with van der Waals surface area (Å²) in [7, 11) is 3.16. The number of methoxy groups -OCH3 is 1. The zero-order valence-corrected chi connectivity index (χ0v) is 15.2. The van der Waals surface area contributed by atoms with Gasteiger partial charge in [-0.25, -0.2) is 9.78 Å². The number of carbonyl (C=O) groups is 2. The fourth-order valence-electron chi connectivity index (χ4n) is 2.04. The van der Waals surface area contributed by atoms with Gasteiger partial charge < -0.3 is 14.4 Å². The van der Waals surface area contributed by atoms with Crippen LogP contribution in [0.3, 0.4) is 0 Å².